The molecule has 1 aliphatic heterocycles. The van der Waals surface area contributed by atoms with Crippen molar-refractivity contribution in [3.8, 4) is 5.75 Å². The second kappa shape index (κ2) is 5.88. The van der Waals surface area contributed by atoms with E-state index in [1.54, 1.807) is 23.1 Å². The number of para-hydroxylation sites is 3. The molecular formula is C18H18N4O2. The monoisotopic (exact) mass is 322 g/mol. The number of aromatic hydroxyl groups is 1. The number of aromatic nitrogens is 2. The van der Waals surface area contributed by atoms with Crippen molar-refractivity contribution in [3.63, 3.8) is 0 Å². The van der Waals surface area contributed by atoms with Crippen molar-refractivity contribution in [2.45, 2.75) is 0 Å². The van der Waals surface area contributed by atoms with Crippen molar-refractivity contribution in [2.75, 3.05) is 31.1 Å². The standard InChI is InChI=1S/C18H18N4O2/c23-16-8-4-1-5-13(16)17(24)21-9-11-22(12-10-21)18-19-14-6-2-3-7-15(14)20-18/h1-8,23H,9-12H2,(H,19,20). The summed E-state index contributed by atoms with van der Waals surface area (Å²) in [6.45, 7) is 2.62. The zero-order valence-electron chi connectivity index (χ0n) is 13.1. The summed E-state index contributed by atoms with van der Waals surface area (Å²) in [5.41, 5.74) is 2.31. The molecule has 2 N–H and O–H groups in total. The Morgan fingerprint density at radius 1 is 1.00 bits per heavy atom. The van der Waals surface area contributed by atoms with E-state index in [0.717, 1.165) is 17.0 Å². The molecule has 1 aliphatic rings. The lowest BCUT2D eigenvalue weighted by molar-refractivity contribution is 0.0743. The van der Waals surface area contributed by atoms with Gasteiger partial charge in [-0.2, -0.15) is 0 Å². The maximum atomic E-state index is 12.5. The number of phenolic OH excluding ortho intramolecular Hbond substituents is 1. The van der Waals surface area contributed by atoms with Gasteiger partial charge in [-0.05, 0) is 24.3 Å². The molecule has 122 valence electrons. The molecule has 3 aromatic rings. The molecule has 0 spiro atoms. The van der Waals surface area contributed by atoms with E-state index in [-0.39, 0.29) is 11.7 Å². The van der Waals surface area contributed by atoms with Gasteiger partial charge in [0.2, 0.25) is 5.95 Å². The minimum absolute atomic E-state index is 0.0298. The van der Waals surface area contributed by atoms with Crippen LogP contribution >= 0.6 is 0 Å². The molecule has 6 nitrogen and oxygen atoms in total. The summed E-state index contributed by atoms with van der Waals surface area (Å²) in [6, 6.07) is 14.6. The number of benzene rings is 2. The second-order valence-electron chi connectivity index (χ2n) is 5.87. The Labute approximate surface area is 139 Å². The van der Waals surface area contributed by atoms with Gasteiger partial charge in [0.05, 0.1) is 16.6 Å². The average molecular weight is 322 g/mol. The molecule has 0 radical (unpaired) electrons. The zero-order valence-corrected chi connectivity index (χ0v) is 13.1. The predicted molar refractivity (Wildman–Crippen MR) is 92.3 cm³/mol. The summed E-state index contributed by atoms with van der Waals surface area (Å²) in [4.78, 5) is 24.4. The van der Waals surface area contributed by atoms with Gasteiger partial charge in [-0.25, -0.2) is 4.98 Å². The highest BCUT2D eigenvalue weighted by molar-refractivity contribution is 5.97. The normalized spacial score (nSPS) is 15.0. The number of carbonyl (C=O) groups excluding carboxylic acids is 1. The van der Waals surface area contributed by atoms with Gasteiger partial charge in [-0.3, -0.25) is 4.79 Å². The largest absolute Gasteiger partial charge is 0.507 e. The number of hydrogen-bond donors (Lipinski definition) is 2. The maximum Gasteiger partial charge on any atom is 0.257 e. The summed E-state index contributed by atoms with van der Waals surface area (Å²) in [6.07, 6.45) is 0. The van der Waals surface area contributed by atoms with Crippen LogP contribution in [0.3, 0.4) is 0 Å². The summed E-state index contributed by atoms with van der Waals surface area (Å²) in [7, 11) is 0. The quantitative estimate of drug-likeness (QED) is 0.759. The molecule has 0 unspecified atom stereocenters. The van der Waals surface area contributed by atoms with Gasteiger partial charge in [0.25, 0.3) is 5.91 Å². The molecule has 1 fully saturated rings. The lowest BCUT2D eigenvalue weighted by Crippen LogP contribution is -2.49. The van der Waals surface area contributed by atoms with Crippen LogP contribution in [0.2, 0.25) is 0 Å². The first kappa shape index (κ1) is 14.6. The van der Waals surface area contributed by atoms with E-state index in [2.05, 4.69) is 14.9 Å². The fraction of sp³-hybridized carbons (Fsp3) is 0.222. The second-order valence-corrected chi connectivity index (χ2v) is 5.87. The van der Waals surface area contributed by atoms with E-state index in [4.69, 9.17) is 0 Å². The molecule has 2 heterocycles. The number of rotatable bonds is 2. The molecule has 1 amide bonds. The molecule has 1 saturated heterocycles. The first-order valence-electron chi connectivity index (χ1n) is 7.99. The van der Waals surface area contributed by atoms with E-state index in [0.29, 0.717) is 31.7 Å². The SMILES string of the molecule is O=C(c1ccccc1O)N1CCN(c2nc3ccccc3[nH]2)CC1. The highest BCUT2D eigenvalue weighted by atomic mass is 16.3. The number of fused-ring (bicyclic) bond motifs is 1. The van der Waals surface area contributed by atoms with Crippen LogP contribution in [-0.2, 0) is 0 Å². The molecule has 2 aromatic carbocycles. The van der Waals surface area contributed by atoms with E-state index in [1.165, 1.54) is 6.07 Å². The van der Waals surface area contributed by atoms with E-state index >= 15 is 0 Å². The van der Waals surface area contributed by atoms with E-state index < -0.39 is 0 Å². The number of anilines is 1. The molecule has 1 aromatic heterocycles. The molecule has 24 heavy (non-hydrogen) atoms. The van der Waals surface area contributed by atoms with Crippen molar-refractivity contribution in [1.82, 2.24) is 14.9 Å². The first-order chi connectivity index (χ1) is 11.7. The average Bonchev–Trinajstić information content (AvgIpc) is 3.06. The number of nitrogens with zero attached hydrogens (tertiary/aromatic N) is 3. The molecule has 6 heteroatoms. The summed E-state index contributed by atoms with van der Waals surface area (Å²) < 4.78 is 0. The first-order valence-corrected chi connectivity index (χ1v) is 7.99. The predicted octanol–water partition coefficient (Wildman–Crippen LogP) is 2.23. The molecule has 0 aliphatic carbocycles. The van der Waals surface area contributed by atoms with Gasteiger partial charge >= 0.3 is 0 Å². The Hall–Kier alpha value is -3.02. The summed E-state index contributed by atoms with van der Waals surface area (Å²) in [5, 5.41) is 9.85. The van der Waals surface area contributed by atoms with Crippen molar-refractivity contribution in [1.29, 1.82) is 0 Å². The fourth-order valence-electron chi connectivity index (χ4n) is 3.04. The fourth-order valence-corrected chi connectivity index (χ4v) is 3.04. The van der Waals surface area contributed by atoms with Crippen molar-refractivity contribution in [2.24, 2.45) is 0 Å². The molecular weight excluding hydrogens is 304 g/mol. The molecule has 0 atom stereocenters. The van der Waals surface area contributed by atoms with Crippen molar-refractivity contribution < 1.29 is 9.90 Å². The summed E-state index contributed by atoms with van der Waals surface area (Å²) in [5.74, 6) is 0.741. The highest BCUT2D eigenvalue weighted by Crippen LogP contribution is 2.21. The van der Waals surface area contributed by atoms with Crippen LogP contribution in [0.4, 0.5) is 5.95 Å². The van der Waals surface area contributed by atoms with Gasteiger partial charge in [-0.1, -0.05) is 24.3 Å². The van der Waals surface area contributed by atoms with Crippen LogP contribution in [0, 0.1) is 0 Å². The topological polar surface area (TPSA) is 72.5 Å². The van der Waals surface area contributed by atoms with E-state index in [1.807, 2.05) is 24.3 Å². The third-order valence-electron chi connectivity index (χ3n) is 4.38. The Morgan fingerprint density at radius 2 is 1.71 bits per heavy atom. The van der Waals surface area contributed by atoms with Gasteiger partial charge < -0.3 is 19.9 Å². The number of hydrogen-bond acceptors (Lipinski definition) is 4. The smallest absolute Gasteiger partial charge is 0.257 e. The number of amides is 1. The molecule has 4 rings (SSSR count). The Kier molecular flexibility index (Phi) is 3.57. The van der Waals surface area contributed by atoms with Crippen LogP contribution in [-0.4, -0.2) is 52.1 Å². The molecule has 0 saturated carbocycles. The van der Waals surface area contributed by atoms with Crippen molar-refractivity contribution >= 4 is 22.9 Å². The van der Waals surface area contributed by atoms with Gasteiger partial charge in [0.1, 0.15) is 5.75 Å². The van der Waals surface area contributed by atoms with Crippen LogP contribution in [0.15, 0.2) is 48.5 Å². The van der Waals surface area contributed by atoms with Gasteiger partial charge in [0.15, 0.2) is 0 Å². The number of nitrogens with one attached hydrogen (secondary N) is 1. The number of piperazine rings is 1. The minimum atomic E-state index is -0.127. The zero-order chi connectivity index (χ0) is 16.5. The van der Waals surface area contributed by atoms with Crippen LogP contribution in [0.25, 0.3) is 11.0 Å². The lowest BCUT2D eigenvalue weighted by Gasteiger charge is -2.34. The third-order valence-corrected chi connectivity index (χ3v) is 4.38. The number of phenols is 1. The number of H-pyrrole nitrogens is 1. The Morgan fingerprint density at radius 3 is 2.46 bits per heavy atom. The Bertz CT molecular complexity index is 848. The van der Waals surface area contributed by atoms with E-state index in [9.17, 15) is 9.90 Å². The molecule has 0 bridgehead atoms. The highest BCUT2D eigenvalue weighted by Gasteiger charge is 2.25. The third kappa shape index (κ3) is 2.56. The number of imidazole rings is 1. The van der Waals surface area contributed by atoms with Gasteiger partial charge in [-0.15, -0.1) is 0 Å². The van der Waals surface area contributed by atoms with Gasteiger partial charge in [0, 0.05) is 26.2 Å². The number of aromatic amines is 1. The number of carbonyl (C=O) groups is 1. The van der Waals surface area contributed by atoms with Crippen LogP contribution in [0.1, 0.15) is 10.4 Å². The van der Waals surface area contributed by atoms with Crippen molar-refractivity contribution in [3.05, 3.63) is 54.1 Å². The van der Waals surface area contributed by atoms with Crippen LogP contribution in [0.5, 0.6) is 5.75 Å². The van der Waals surface area contributed by atoms with Crippen LogP contribution < -0.4 is 4.90 Å². The lowest BCUT2D eigenvalue weighted by atomic mass is 10.1. The summed E-state index contributed by atoms with van der Waals surface area (Å²) >= 11 is 0. The minimum Gasteiger partial charge on any atom is -0.507 e. The Balaban J connectivity index is 1.47. The maximum absolute atomic E-state index is 12.5.